The molecular formula is C13H19N5S. The summed E-state index contributed by atoms with van der Waals surface area (Å²) in [6.07, 6.45) is 5.46. The molecule has 0 radical (unpaired) electrons. The number of hydrogen-bond acceptors (Lipinski definition) is 6. The predicted octanol–water partition coefficient (Wildman–Crippen LogP) is 2.72. The fourth-order valence-corrected chi connectivity index (χ4v) is 2.38. The maximum atomic E-state index is 4.44. The van der Waals surface area contributed by atoms with Crippen molar-refractivity contribution in [3.8, 4) is 0 Å². The third-order valence-electron chi connectivity index (χ3n) is 2.50. The van der Waals surface area contributed by atoms with E-state index >= 15 is 0 Å². The standard InChI is InChI=1S/C13H19N5S/c1-3-5-15-11-7-14-8-12(18-11)16-6-4-13-17-10(2)9-19-13/h7-9H,3-6H2,1-2H3,(H2,15,16,18). The number of nitrogens with one attached hydrogen (secondary N) is 2. The highest BCUT2D eigenvalue weighted by atomic mass is 32.1. The quantitative estimate of drug-likeness (QED) is 0.814. The van der Waals surface area contributed by atoms with E-state index in [0.29, 0.717) is 0 Å². The minimum Gasteiger partial charge on any atom is -0.369 e. The minimum absolute atomic E-state index is 0.800. The second-order valence-electron chi connectivity index (χ2n) is 4.28. The highest BCUT2D eigenvalue weighted by Gasteiger charge is 2.00. The Balaban J connectivity index is 1.82. The van der Waals surface area contributed by atoms with Gasteiger partial charge in [0, 0.05) is 30.6 Å². The summed E-state index contributed by atoms with van der Waals surface area (Å²) in [5.41, 5.74) is 1.09. The van der Waals surface area contributed by atoms with Crippen molar-refractivity contribution in [3.05, 3.63) is 28.5 Å². The molecule has 0 atom stereocenters. The Labute approximate surface area is 117 Å². The van der Waals surface area contributed by atoms with Crippen LogP contribution in [0.15, 0.2) is 17.8 Å². The van der Waals surface area contributed by atoms with Crippen LogP contribution in [0.4, 0.5) is 11.6 Å². The van der Waals surface area contributed by atoms with E-state index in [9.17, 15) is 0 Å². The summed E-state index contributed by atoms with van der Waals surface area (Å²) < 4.78 is 0. The van der Waals surface area contributed by atoms with E-state index in [-0.39, 0.29) is 0 Å². The zero-order valence-corrected chi connectivity index (χ0v) is 12.1. The lowest BCUT2D eigenvalue weighted by atomic mass is 10.4. The molecule has 2 aromatic heterocycles. The summed E-state index contributed by atoms with van der Waals surface area (Å²) in [6.45, 7) is 5.87. The topological polar surface area (TPSA) is 62.7 Å². The van der Waals surface area contributed by atoms with Crippen LogP contribution in [0.1, 0.15) is 24.0 Å². The van der Waals surface area contributed by atoms with Crippen molar-refractivity contribution in [1.29, 1.82) is 0 Å². The van der Waals surface area contributed by atoms with Crippen LogP contribution in [0, 0.1) is 6.92 Å². The van der Waals surface area contributed by atoms with Crippen LogP contribution < -0.4 is 10.6 Å². The molecule has 5 nitrogen and oxygen atoms in total. The molecule has 0 saturated heterocycles. The summed E-state index contributed by atoms with van der Waals surface area (Å²) in [4.78, 5) is 13.0. The molecule has 0 fully saturated rings. The van der Waals surface area contributed by atoms with Gasteiger partial charge in [0.15, 0.2) is 0 Å². The lowest BCUT2D eigenvalue weighted by Gasteiger charge is -2.07. The van der Waals surface area contributed by atoms with E-state index in [4.69, 9.17) is 0 Å². The number of hydrogen-bond donors (Lipinski definition) is 2. The lowest BCUT2D eigenvalue weighted by Crippen LogP contribution is -2.09. The summed E-state index contributed by atoms with van der Waals surface area (Å²) in [6, 6.07) is 0. The third-order valence-corrected chi connectivity index (χ3v) is 3.53. The van der Waals surface area contributed by atoms with Gasteiger partial charge in [0.05, 0.1) is 17.4 Å². The number of thiazole rings is 1. The first-order valence-corrected chi connectivity index (χ1v) is 7.36. The Morgan fingerprint density at radius 3 is 2.47 bits per heavy atom. The molecule has 19 heavy (non-hydrogen) atoms. The molecular weight excluding hydrogens is 258 g/mol. The molecule has 0 saturated carbocycles. The van der Waals surface area contributed by atoms with Gasteiger partial charge in [-0.05, 0) is 13.3 Å². The van der Waals surface area contributed by atoms with E-state index < -0.39 is 0 Å². The Morgan fingerprint density at radius 1 is 1.11 bits per heavy atom. The molecule has 2 rings (SSSR count). The van der Waals surface area contributed by atoms with Crippen molar-refractivity contribution < 1.29 is 0 Å². The van der Waals surface area contributed by atoms with Crippen LogP contribution in [0.3, 0.4) is 0 Å². The predicted molar refractivity (Wildman–Crippen MR) is 79.9 cm³/mol. The number of rotatable bonds is 7. The van der Waals surface area contributed by atoms with Crippen LogP contribution in [0.2, 0.25) is 0 Å². The number of anilines is 2. The van der Waals surface area contributed by atoms with Gasteiger partial charge in [0.25, 0.3) is 0 Å². The minimum atomic E-state index is 0.800. The molecule has 0 spiro atoms. The molecule has 0 aromatic carbocycles. The summed E-state index contributed by atoms with van der Waals surface area (Å²) in [7, 11) is 0. The summed E-state index contributed by atoms with van der Waals surface area (Å²) in [5, 5.41) is 9.72. The zero-order chi connectivity index (χ0) is 13.5. The van der Waals surface area contributed by atoms with Gasteiger partial charge in [-0.2, -0.15) is 0 Å². The fraction of sp³-hybridized carbons (Fsp3) is 0.462. The molecule has 2 aromatic rings. The van der Waals surface area contributed by atoms with E-state index in [0.717, 1.165) is 48.3 Å². The SMILES string of the molecule is CCCNc1cncc(NCCc2nc(C)cs2)n1. The first-order valence-electron chi connectivity index (χ1n) is 6.48. The van der Waals surface area contributed by atoms with Crippen LogP contribution in [-0.4, -0.2) is 28.0 Å². The largest absolute Gasteiger partial charge is 0.369 e. The molecule has 0 aliphatic carbocycles. The van der Waals surface area contributed by atoms with Crippen molar-refractivity contribution in [2.75, 3.05) is 23.7 Å². The van der Waals surface area contributed by atoms with Crippen LogP contribution in [0.5, 0.6) is 0 Å². The van der Waals surface area contributed by atoms with Crippen molar-refractivity contribution in [3.63, 3.8) is 0 Å². The number of nitrogens with zero attached hydrogens (tertiary/aromatic N) is 3. The first kappa shape index (κ1) is 13.7. The average Bonchev–Trinajstić information content (AvgIpc) is 2.83. The second-order valence-corrected chi connectivity index (χ2v) is 5.22. The highest BCUT2D eigenvalue weighted by Crippen LogP contribution is 2.10. The number of aryl methyl sites for hydroxylation is 1. The third kappa shape index (κ3) is 4.48. The van der Waals surface area contributed by atoms with E-state index in [1.165, 1.54) is 0 Å². The number of aromatic nitrogens is 3. The van der Waals surface area contributed by atoms with Crippen molar-refractivity contribution in [1.82, 2.24) is 15.0 Å². The Hall–Kier alpha value is -1.69. The van der Waals surface area contributed by atoms with Gasteiger partial charge in [0.1, 0.15) is 11.6 Å². The summed E-state index contributed by atoms with van der Waals surface area (Å²) >= 11 is 1.70. The molecule has 102 valence electrons. The highest BCUT2D eigenvalue weighted by molar-refractivity contribution is 7.09. The zero-order valence-electron chi connectivity index (χ0n) is 11.3. The molecule has 2 heterocycles. The molecule has 0 bridgehead atoms. The van der Waals surface area contributed by atoms with E-state index in [2.05, 4.69) is 37.9 Å². The summed E-state index contributed by atoms with van der Waals surface area (Å²) in [5.74, 6) is 1.62. The molecule has 0 aliphatic rings. The van der Waals surface area contributed by atoms with Gasteiger partial charge < -0.3 is 10.6 Å². The smallest absolute Gasteiger partial charge is 0.146 e. The fourth-order valence-electron chi connectivity index (χ4n) is 1.60. The van der Waals surface area contributed by atoms with Crippen LogP contribution in [-0.2, 0) is 6.42 Å². The van der Waals surface area contributed by atoms with Gasteiger partial charge in [0.2, 0.25) is 0 Å². The van der Waals surface area contributed by atoms with E-state index in [1.54, 1.807) is 23.7 Å². The molecule has 2 N–H and O–H groups in total. The van der Waals surface area contributed by atoms with Gasteiger partial charge >= 0.3 is 0 Å². The molecule has 0 unspecified atom stereocenters. The molecule has 0 aliphatic heterocycles. The van der Waals surface area contributed by atoms with Crippen LogP contribution >= 0.6 is 11.3 Å². The average molecular weight is 277 g/mol. The van der Waals surface area contributed by atoms with Crippen molar-refractivity contribution in [2.24, 2.45) is 0 Å². The normalized spacial score (nSPS) is 10.4. The van der Waals surface area contributed by atoms with Gasteiger partial charge in [-0.1, -0.05) is 6.92 Å². The Bertz CT molecular complexity index is 511. The monoisotopic (exact) mass is 277 g/mol. The van der Waals surface area contributed by atoms with Gasteiger partial charge in [-0.3, -0.25) is 4.98 Å². The van der Waals surface area contributed by atoms with Crippen molar-refractivity contribution in [2.45, 2.75) is 26.7 Å². The Morgan fingerprint density at radius 2 is 1.84 bits per heavy atom. The Kier molecular flexibility index (Phi) is 5.09. The molecule has 6 heteroatoms. The van der Waals surface area contributed by atoms with Crippen LogP contribution in [0.25, 0.3) is 0 Å². The first-order chi connectivity index (χ1) is 9.28. The maximum Gasteiger partial charge on any atom is 0.146 e. The van der Waals surface area contributed by atoms with Gasteiger partial charge in [-0.15, -0.1) is 11.3 Å². The molecule has 0 amide bonds. The van der Waals surface area contributed by atoms with E-state index in [1.807, 2.05) is 6.92 Å². The lowest BCUT2D eigenvalue weighted by molar-refractivity contribution is 0.953. The van der Waals surface area contributed by atoms with Crippen molar-refractivity contribution >= 4 is 23.0 Å². The van der Waals surface area contributed by atoms with Gasteiger partial charge in [-0.25, -0.2) is 9.97 Å². The maximum absolute atomic E-state index is 4.44. The second kappa shape index (κ2) is 7.04.